The van der Waals surface area contributed by atoms with Crippen LogP contribution in [0, 0.1) is 11.8 Å². The number of fused-ring (bicyclic) bond motifs is 1. The number of benzene rings is 1. The van der Waals surface area contributed by atoms with Gasteiger partial charge in [0, 0.05) is 24.7 Å². The van der Waals surface area contributed by atoms with Crippen LogP contribution in [0.1, 0.15) is 18.5 Å². The highest BCUT2D eigenvalue weighted by atomic mass is 16.5. The van der Waals surface area contributed by atoms with Crippen molar-refractivity contribution in [2.75, 3.05) is 19.7 Å². The molecule has 1 unspecified atom stereocenters. The molecule has 3 rings (SSSR count). The number of phenols is 1. The Bertz CT molecular complexity index is 516. The third-order valence-electron chi connectivity index (χ3n) is 4.15. The monoisotopic (exact) mass is 263 g/mol. The number of rotatable bonds is 2. The van der Waals surface area contributed by atoms with Gasteiger partial charge in [-0.2, -0.15) is 0 Å². The summed E-state index contributed by atoms with van der Waals surface area (Å²) >= 11 is 0. The lowest BCUT2D eigenvalue weighted by atomic mass is 9.99. The van der Waals surface area contributed by atoms with Gasteiger partial charge in [-0.05, 0) is 18.1 Å². The number of phenolic OH excluding ortho intramolecular Hbond substituents is 1. The summed E-state index contributed by atoms with van der Waals surface area (Å²) in [5.41, 5.74) is 1.04. The lowest BCUT2D eigenvalue weighted by molar-refractivity contribution is -0.142. The van der Waals surface area contributed by atoms with Crippen LogP contribution in [0.2, 0.25) is 0 Å². The Morgan fingerprint density at radius 1 is 1.42 bits per heavy atom. The summed E-state index contributed by atoms with van der Waals surface area (Å²) in [6, 6.07) is 5.22. The Kier molecular flexibility index (Phi) is 2.86. The van der Waals surface area contributed by atoms with Gasteiger partial charge in [0.05, 0.1) is 12.0 Å². The summed E-state index contributed by atoms with van der Waals surface area (Å²) in [7, 11) is 0. The van der Waals surface area contributed by atoms with E-state index in [1.54, 1.807) is 12.1 Å². The van der Waals surface area contributed by atoms with E-state index in [0.29, 0.717) is 18.9 Å². The molecule has 2 aliphatic heterocycles. The Hall–Kier alpha value is -1.75. The summed E-state index contributed by atoms with van der Waals surface area (Å²) in [6.45, 7) is 3.83. The van der Waals surface area contributed by atoms with Crippen molar-refractivity contribution in [3.63, 3.8) is 0 Å². The zero-order valence-electron chi connectivity index (χ0n) is 10.7. The molecule has 1 aromatic rings. The van der Waals surface area contributed by atoms with Gasteiger partial charge in [-0.15, -0.1) is 0 Å². The molecule has 0 amide bonds. The van der Waals surface area contributed by atoms with E-state index >= 15 is 0 Å². The molecule has 1 saturated heterocycles. The van der Waals surface area contributed by atoms with Crippen molar-refractivity contribution in [2.24, 2.45) is 11.8 Å². The van der Waals surface area contributed by atoms with Gasteiger partial charge in [0.1, 0.15) is 18.1 Å². The van der Waals surface area contributed by atoms with Crippen LogP contribution in [0.25, 0.3) is 0 Å². The fourth-order valence-corrected chi connectivity index (χ4v) is 3.06. The Labute approximate surface area is 111 Å². The van der Waals surface area contributed by atoms with E-state index < -0.39 is 5.97 Å². The normalized spacial score (nSPS) is 30.1. The molecule has 2 N–H and O–H groups in total. The van der Waals surface area contributed by atoms with Crippen LogP contribution in [0.4, 0.5) is 0 Å². The van der Waals surface area contributed by atoms with Gasteiger partial charge in [0.25, 0.3) is 0 Å². The van der Waals surface area contributed by atoms with Gasteiger partial charge >= 0.3 is 5.97 Å². The van der Waals surface area contributed by atoms with E-state index in [1.807, 2.05) is 13.0 Å². The molecule has 102 valence electrons. The van der Waals surface area contributed by atoms with Gasteiger partial charge in [-0.1, -0.05) is 6.92 Å². The molecule has 0 aliphatic carbocycles. The van der Waals surface area contributed by atoms with Gasteiger partial charge < -0.3 is 14.9 Å². The molecule has 0 bridgehead atoms. The second-order valence-electron chi connectivity index (χ2n) is 5.42. The smallest absolute Gasteiger partial charge is 0.308 e. The number of carboxylic acid groups (broad SMARTS) is 1. The highest BCUT2D eigenvalue weighted by Gasteiger charge is 2.40. The third kappa shape index (κ3) is 2.04. The van der Waals surface area contributed by atoms with Crippen LogP contribution in [-0.4, -0.2) is 40.8 Å². The van der Waals surface area contributed by atoms with Crippen molar-refractivity contribution in [1.29, 1.82) is 0 Å². The van der Waals surface area contributed by atoms with Crippen molar-refractivity contribution in [3.8, 4) is 11.5 Å². The summed E-state index contributed by atoms with van der Waals surface area (Å²) in [6.07, 6.45) is 0. The van der Waals surface area contributed by atoms with Crippen LogP contribution in [0.3, 0.4) is 0 Å². The third-order valence-corrected chi connectivity index (χ3v) is 4.15. The molecule has 1 fully saturated rings. The molecule has 5 nitrogen and oxygen atoms in total. The number of hydrogen-bond donors (Lipinski definition) is 2. The summed E-state index contributed by atoms with van der Waals surface area (Å²) in [4.78, 5) is 13.3. The molecule has 19 heavy (non-hydrogen) atoms. The second kappa shape index (κ2) is 4.42. The maximum atomic E-state index is 11.2. The molecule has 1 aromatic carbocycles. The van der Waals surface area contributed by atoms with Gasteiger partial charge in [0.15, 0.2) is 0 Å². The van der Waals surface area contributed by atoms with Crippen molar-refractivity contribution < 1.29 is 19.7 Å². The average molecular weight is 263 g/mol. The van der Waals surface area contributed by atoms with Crippen molar-refractivity contribution in [3.05, 3.63) is 23.8 Å². The van der Waals surface area contributed by atoms with Gasteiger partial charge in [-0.25, -0.2) is 0 Å². The number of ether oxygens (including phenoxy) is 1. The van der Waals surface area contributed by atoms with Crippen LogP contribution < -0.4 is 4.74 Å². The summed E-state index contributed by atoms with van der Waals surface area (Å²) in [5.74, 6) is 0.0219. The highest BCUT2D eigenvalue weighted by molar-refractivity contribution is 5.71. The minimum atomic E-state index is -0.722. The minimum Gasteiger partial charge on any atom is -0.508 e. The number of aliphatic carboxylic acids is 1. The fourth-order valence-electron chi connectivity index (χ4n) is 3.06. The Balaban J connectivity index is 1.81. The molecular formula is C14H17NO4. The minimum absolute atomic E-state index is 0.0994. The lowest BCUT2D eigenvalue weighted by Crippen LogP contribution is -2.28. The van der Waals surface area contributed by atoms with Crippen LogP contribution in [-0.2, 0) is 4.79 Å². The largest absolute Gasteiger partial charge is 0.508 e. The fraction of sp³-hybridized carbons (Fsp3) is 0.500. The predicted molar refractivity (Wildman–Crippen MR) is 68.2 cm³/mol. The first kappa shape index (κ1) is 12.3. The molecule has 2 aliphatic rings. The molecule has 0 spiro atoms. The van der Waals surface area contributed by atoms with Crippen LogP contribution in [0.15, 0.2) is 18.2 Å². The number of carbonyl (C=O) groups is 1. The van der Waals surface area contributed by atoms with E-state index in [9.17, 15) is 15.0 Å². The molecule has 2 heterocycles. The molecule has 0 saturated carbocycles. The topological polar surface area (TPSA) is 70.0 Å². The van der Waals surface area contributed by atoms with E-state index in [4.69, 9.17) is 4.74 Å². The predicted octanol–water partition coefficient (Wildman–Crippen LogP) is 1.48. The first-order valence-corrected chi connectivity index (χ1v) is 6.49. The number of likely N-dealkylation sites (tertiary alicyclic amines) is 1. The maximum absolute atomic E-state index is 11.2. The first-order chi connectivity index (χ1) is 9.06. The zero-order valence-corrected chi connectivity index (χ0v) is 10.7. The van der Waals surface area contributed by atoms with Gasteiger partial charge in [-0.3, -0.25) is 9.69 Å². The number of nitrogens with zero attached hydrogens (tertiary/aromatic N) is 1. The van der Waals surface area contributed by atoms with E-state index in [0.717, 1.165) is 12.1 Å². The Morgan fingerprint density at radius 2 is 2.21 bits per heavy atom. The number of aromatic hydroxyl groups is 1. The highest BCUT2D eigenvalue weighted by Crippen LogP contribution is 2.40. The van der Waals surface area contributed by atoms with Crippen molar-refractivity contribution >= 4 is 5.97 Å². The molecule has 0 radical (unpaired) electrons. The Morgan fingerprint density at radius 3 is 2.89 bits per heavy atom. The number of hydrogen-bond acceptors (Lipinski definition) is 4. The van der Waals surface area contributed by atoms with Crippen molar-refractivity contribution in [1.82, 2.24) is 4.90 Å². The lowest BCUT2D eigenvalue weighted by Gasteiger charge is -2.22. The van der Waals surface area contributed by atoms with Gasteiger partial charge in [0.2, 0.25) is 0 Å². The van der Waals surface area contributed by atoms with Crippen molar-refractivity contribution in [2.45, 2.75) is 13.0 Å². The van der Waals surface area contributed by atoms with Crippen LogP contribution in [0.5, 0.6) is 11.5 Å². The summed E-state index contributed by atoms with van der Waals surface area (Å²) < 4.78 is 5.59. The zero-order chi connectivity index (χ0) is 13.6. The van der Waals surface area contributed by atoms with E-state index in [2.05, 4.69) is 4.90 Å². The molecule has 3 atom stereocenters. The van der Waals surface area contributed by atoms with Crippen LogP contribution >= 0.6 is 0 Å². The molecule has 0 aromatic heterocycles. The molecule has 5 heteroatoms. The average Bonchev–Trinajstić information content (AvgIpc) is 2.91. The maximum Gasteiger partial charge on any atom is 0.308 e. The van der Waals surface area contributed by atoms with E-state index in [1.165, 1.54) is 0 Å². The summed E-state index contributed by atoms with van der Waals surface area (Å²) in [5, 5.41) is 18.6. The van der Waals surface area contributed by atoms with E-state index in [-0.39, 0.29) is 23.6 Å². The SMILES string of the molecule is C[C@@H]1CN(C2COc3cc(O)ccc32)C[C@H]1C(=O)O. The second-order valence-corrected chi connectivity index (χ2v) is 5.42. The number of carboxylic acids is 1. The quantitative estimate of drug-likeness (QED) is 0.845. The standard InChI is InChI=1S/C14H17NO4/c1-8-5-15(6-11(8)14(17)18)12-7-19-13-4-9(16)2-3-10(12)13/h2-4,8,11-12,16H,5-7H2,1H3,(H,17,18)/t8-,11-,12?/m1/s1. The first-order valence-electron chi connectivity index (χ1n) is 6.49. The molecular weight excluding hydrogens is 246 g/mol.